The molecule has 2 bridgehead atoms. The van der Waals surface area contributed by atoms with E-state index in [9.17, 15) is 4.79 Å². The first-order valence-corrected chi connectivity index (χ1v) is 25.3. The first kappa shape index (κ1) is 46.3. The van der Waals surface area contributed by atoms with Crippen LogP contribution in [0.3, 0.4) is 0 Å². The number of nitrogens with one attached hydrogen (secondary N) is 1. The Kier molecular flexibility index (Phi) is 16.3. The van der Waals surface area contributed by atoms with Gasteiger partial charge in [-0.2, -0.15) is 0 Å². The number of benzene rings is 6. The van der Waals surface area contributed by atoms with Crippen LogP contribution >= 0.6 is 15.8 Å². The number of fused-ring (bicyclic) bond motifs is 3. The Bertz CT molecular complexity index is 2410. The SMILES string of the molecule is CN[B]C#N.O=CC1=CC=C(c2cnc3c(c2)C[C@@]2(CN4CCC2CC4)O3)C1.c1ccc(P(c2ccccc2)c2ccccc2)cc1.c1ccc(P(c2ccccc2)c2ccccc2)cc1. The Labute approximate surface area is 393 Å². The predicted molar refractivity (Wildman–Crippen MR) is 278 cm³/mol. The zero-order valence-electron chi connectivity index (χ0n) is 37.4. The number of allylic oxidation sites excluding steroid dienone is 4. The molecule has 0 amide bonds. The second-order valence-corrected chi connectivity index (χ2v) is 21.0. The zero-order chi connectivity index (χ0) is 45.4. The number of hydrogen-bond donors (Lipinski definition) is 1. The highest BCUT2D eigenvalue weighted by molar-refractivity contribution is 7.80. The molecule has 6 aromatic carbocycles. The quantitative estimate of drug-likeness (QED) is 0.0890. The van der Waals surface area contributed by atoms with Gasteiger partial charge in [0.1, 0.15) is 11.9 Å². The van der Waals surface area contributed by atoms with E-state index in [1.807, 2.05) is 18.3 Å². The highest BCUT2D eigenvalue weighted by Crippen LogP contribution is 2.46. The van der Waals surface area contributed by atoms with Crippen LogP contribution in [0.25, 0.3) is 5.57 Å². The van der Waals surface area contributed by atoms with E-state index in [-0.39, 0.29) is 5.60 Å². The summed E-state index contributed by atoms with van der Waals surface area (Å²) in [6.45, 7) is 3.48. The van der Waals surface area contributed by atoms with Gasteiger partial charge in [0.05, 0.1) is 0 Å². The van der Waals surface area contributed by atoms with Crippen molar-refractivity contribution in [3.8, 4) is 11.8 Å². The third kappa shape index (κ3) is 11.6. The van der Waals surface area contributed by atoms with E-state index in [0.29, 0.717) is 12.3 Å². The molecule has 0 saturated carbocycles. The van der Waals surface area contributed by atoms with Crippen molar-refractivity contribution in [3.63, 3.8) is 0 Å². The van der Waals surface area contributed by atoms with Gasteiger partial charge >= 0.3 is 7.41 Å². The molecule has 1 aromatic heterocycles. The summed E-state index contributed by atoms with van der Waals surface area (Å²) in [5, 5.41) is 18.6. The van der Waals surface area contributed by atoms with Gasteiger partial charge in [0.25, 0.3) is 0 Å². The van der Waals surface area contributed by atoms with Crippen molar-refractivity contribution in [2.24, 2.45) is 5.92 Å². The topological polar surface area (TPSA) is 78.2 Å². The minimum atomic E-state index is -0.446. The molecular formula is C57H54BN4O2P2. The van der Waals surface area contributed by atoms with Crippen molar-refractivity contribution in [1.29, 1.82) is 5.26 Å². The molecule has 7 aromatic rings. The van der Waals surface area contributed by atoms with E-state index in [2.05, 4.69) is 203 Å². The van der Waals surface area contributed by atoms with Crippen LogP contribution in [-0.2, 0) is 11.2 Å². The summed E-state index contributed by atoms with van der Waals surface area (Å²) in [5.74, 6) is 3.27. The van der Waals surface area contributed by atoms with Crippen LogP contribution < -0.4 is 41.8 Å². The van der Waals surface area contributed by atoms with E-state index >= 15 is 0 Å². The average molecular weight is 900 g/mol. The Morgan fingerprint density at radius 2 is 1.11 bits per heavy atom. The molecular weight excluding hydrogens is 845 g/mol. The molecule has 1 N–H and O–H groups in total. The Morgan fingerprint density at radius 1 is 0.682 bits per heavy atom. The summed E-state index contributed by atoms with van der Waals surface area (Å²) in [6.07, 6.45) is 11.0. The van der Waals surface area contributed by atoms with Gasteiger partial charge in [0.15, 0.2) is 0 Å². The molecule has 1 spiro atoms. The van der Waals surface area contributed by atoms with Crippen LogP contribution in [0.4, 0.5) is 0 Å². The summed E-state index contributed by atoms with van der Waals surface area (Å²) < 4.78 is 6.39. The molecule has 5 aliphatic rings. The van der Waals surface area contributed by atoms with Crippen molar-refractivity contribution in [1.82, 2.24) is 15.1 Å². The zero-order valence-corrected chi connectivity index (χ0v) is 39.2. The van der Waals surface area contributed by atoms with Crippen LogP contribution in [0.15, 0.2) is 212 Å². The maximum absolute atomic E-state index is 10.9. The number of rotatable bonds is 9. The lowest BCUT2D eigenvalue weighted by molar-refractivity contribution is -0.104. The summed E-state index contributed by atoms with van der Waals surface area (Å²) in [7, 11) is 2.10. The van der Waals surface area contributed by atoms with E-state index in [4.69, 9.17) is 10.00 Å². The van der Waals surface area contributed by atoms with Gasteiger partial charge in [-0.05, 0) is 103 Å². The van der Waals surface area contributed by atoms with Crippen molar-refractivity contribution in [3.05, 3.63) is 223 Å². The fraction of sp³-hybridized carbons (Fsp3) is 0.175. The molecule has 3 saturated heterocycles. The van der Waals surface area contributed by atoms with Crippen LogP contribution in [0, 0.1) is 17.1 Å². The monoisotopic (exact) mass is 899 g/mol. The molecule has 6 nitrogen and oxygen atoms in total. The second-order valence-electron chi connectivity index (χ2n) is 16.6. The summed E-state index contributed by atoms with van der Waals surface area (Å²) in [4.78, 5) is 18.0. The van der Waals surface area contributed by atoms with Gasteiger partial charge in [0, 0.05) is 43.0 Å². The van der Waals surface area contributed by atoms with Gasteiger partial charge in [-0.1, -0.05) is 194 Å². The van der Waals surface area contributed by atoms with Gasteiger partial charge in [-0.3, -0.25) is 9.69 Å². The standard InChI is InChI=1S/C19H20N2O2.2C18H15P.C2H4BN2/c22-11-13-1-2-14(7-13)16-8-15-9-19(23-18(15)20-10-16)12-21-5-3-17(19)4-6-21;2*1-4-10-16(11-5-1)19(17-12-6-2-7-13-17)18-14-8-3-9-15-18;1-5-3-2-4/h1-2,8,10-11,17H,3-7,9,12H2;2*1-15H;5H,1H3/t19-;;;/m0.../s1. The number of hydrogen-bond acceptors (Lipinski definition) is 6. The lowest BCUT2D eigenvalue weighted by Crippen LogP contribution is -2.61. The molecule has 12 rings (SSSR count). The lowest BCUT2D eigenvalue weighted by Gasteiger charge is -2.50. The molecule has 0 unspecified atom stereocenters. The molecule has 1 atom stereocenters. The first-order chi connectivity index (χ1) is 32.6. The van der Waals surface area contributed by atoms with E-state index < -0.39 is 15.8 Å². The largest absolute Gasteiger partial charge is 0.469 e. The third-order valence-electron chi connectivity index (χ3n) is 12.2. The summed E-state index contributed by atoms with van der Waals surface area (Å²) in [6, 6.07) is 66.9. The van der Waals surface area contributed by atoms with Gasteiger partial charge in [-0.25, -0.2) is 10.2 Å². The maximum atomic E-state index is 10.9. The fourth-order valence-electron chi connectivity index (χ4n) is 9.13. The van der Waals surface area contributed by atoms with E-state index in [0.717, 1.165) is 36.3 Å². The number of aldehydes is 1. The van der Waals surface area contributed by atoms with Crippen molar-refractivity contribution in [2.75, 3.05) is 26.7 Å². The number of ether oxygens (including phenoxy) is 1. The normalized spacial score (nSPS) is 18.4. The molecule has 1 radical (unpaired) electrons. The number of piperidine rings is 3. The minimum absolute atomic E-state index is 0.0410. The van der Waals surface area contributed by atoms with Gasteiger partial charge in [-0.15, -0.1) is 0 Å². The molecule has 327 valence electrons. The predicted octanol–water partition coefficient (Wildman–Crippen LogP) is 8.59. The Balaban J connectivity index is 0.000000129. The highest BCUT2D eigenvalue weighted by atomic mass is 31.1. The Hall–Kier alpha value is -6.25. The fourth-order valence-corrected chi connectivity index (χ4v) is 13.7. The molecule has 5 heterocycles. The molecule has 9 heteroatoms. The third-order valence-corrected chi connectivity index (χ3v) is 17.1. The summed E-state index contributed by atoms with van der Waals surface area (Å²) in [5.41, 5.74) is 4.33. The van der Waals surface area contributed by atoms with Crippen molar-refractivity contribution in [2.45, 2.75) is 31.3 Å². The number of nitriles is 1. The second kappa shape index (κ2) is 23.3. The van der Waals surface area contributed by atoms with Crippen LogP contribution in [0.1, 0.15) is 30.4 Å². The van der Waals surface area contributed by atoms with E-state index in [1.54, 1.807) is 13.0 Å². The lowest BCUT2D eigenvalue weighted by atomic mass is 9.73. The number of carbonyl (C=O) groups excluding carboxylic acids is 1. The number of carbonyl (C=O) groups is 1. The molecule has 3 fully saturated rings. The first-order valence-electron chi connectivity index (χ1n) is 22.6. The van der Waals surface area contributed by atoms with Crippen LogP contribution in [0.2, 0.25) is 0 Å². The van der Waals surface area contributed by atoms with Gasteiger partial charge < -0.3 is 9.96 Å². The summed E-state index contributed by atoms with van der Waals surface area (Å²) >= 11 is 0. The number of nitrogens with zero attached hydrogens (tertiary/aromatic N) is 3. The number of aromatic nitrogens is 1. The minimum Gasteiger partial charge on any atom is -0.469 e. The Morgan fingerprint density at radius 3 is 1.42 bits per heavy atom. The number of pyridine rings is 1. The maximum Gasteiger partial charge on any atom is 0.348 e. The van der Waals surface area contributed by atoms with Crippen LogP contribution in [-0.4, -0.2) is 55.9 Å². The van der Waals surface area contributed by atoms with Gasteiger partial charge in [0.2, 0.25) is 5.88 Å². The smallest absolute Gasteiger partial charge is 0.348 e. The van der Waals surface area contributed by atoms with Crippen molar-refractivity contribution >= 4 is 66.9 Å². The molecule has 4 aliphatic heterocycles. The van der Waals surface area contributed by atoms with Crippen molar-refractivity contribution < 1.29 is 9.53 Å². The van der Waals surface area contributed by atoms with Crippen LogP contribution in [0.5, 0.6) is 5.88 Å². The highest BCUT2D eigenvalue weighted by Gasteiger charge is 2.52. The van der Waals surface area contributed by atoms with E-state index in [1.165, 1.54) is 76.3 Å². The molecule has 66 heavy (non-hydrogen) atoms. The average Bonchev–Trinajstić information content (AvgIpc) is 4.02. The molecule has 1 aliphatic carbocycles.